The third-order valence-corrected chi connectivity index (χ3v) is 5.96. The Kier molecular flexibility index (Phi) is 7.19. The van der Waals surface area contributed by atoms with Crippen LogP contribution in [0.5, 0.6) is 5.75 Å². The molecule has 7 heteroatoms. The molecule has 0 aliphatic heterocycles. The van der Waals surface area contributed by atoms with Crippen LogP contribution in [0.2, 0.25) is 0 Å². The lowest BCUT2D eigenvalue weighted by atomic mass is 10.1. The van der Waals surface area contributed by atoms with Crippen molar-refractivity contribution in [3.63, 3.8) is 0 Å². The Balaban J connectivity index is 1.48. The van der Waals surface area contributed by atoms with Crippen LogP contribution in [-0.4, -0.2) is 31.5 Å². The Hall–Kier alpha value is -3.58. The van der Waals surface area contributed by atoms with Crippen LogP contribution in [0, 0.1) is 0 Å². The second kappa shape index (κ2) is 10.6. The summed E-state index contributed by atoms with van der Waals surface area (Å²) in [5, 5.41) is 22.6. The number of carbonyl (C=O) groups is 1. The molecule has 0 fully saturated rings. The van der Waals surface area contributed by atoms with Crippen molar-refractivity contribution >= 4 is 17.7 Å². The molecule has 0 aliphatic rings. The van der Waals surface area contributed by atoms with Crippen LogP contribution in [0.15, 0.2) is 90.1 Å². The van der Waals surface area contributed by atoms with Crippen LogP contribution in [-0.2, 0) is 24.3 Å². The van der Waals surface area contributed by atoms with Crippen LogP contribution in [0.1, 0.15) is 11.1 Å². The average Bonchev–Trinajstić information content (AvgIpc) is 3.24. The largest absolute Gasteiger partial charge is 0.507 e. The zero-order valence-electron chi connectivity index (χ0n) is 17.5. The van der Waals surface area contributed by atoms with Crippen LogP contribution in [0.3, 0.4) is 0 Å². The van der Waals surface area contributed by atoms with Gasteiger partial charge in [0.2, 0.25) is 5.91 Å². The highest BCUT2D eigenvalue weighted by molar-refractivity contribution is 7.99. The fraction of sp³-hybridized carbons (Fsp3) is 0.160. The number of rotatable bonds is 9. The number of aromatic hydroxyl groups is 1. The van der Waals surface area contributed by atoms with Gasteiger partial charge < -0.3 is 15.0 Å². The summed E-state index contributed by atoms with van der Waals surface area (Å²) in [4.78, 5) is 12.4. The number of nitrogens with zero attached hydrogens (tertiary/aromatic N) is 3. The number of phenolic OH excluding ortho intramolecular Hbond substituents is 1. The summed E-state index contributed by atoms with van der Waals surface area (Å²) in [6.07, 6.45) is 0.785. The molecular weight excluding hydrogens is 420 g/mol. The third kappa shape index (κ3) is 5.56. The van der Waals surface area contributed by atoms with Crippen molar-refractivity contribution in [1.29, 1.82) is 0 Å². The second-order valence-corrected chi connectivity index (χ2v) is 8.20. The van der Waals surface area contributed by atoms with Crippen LogP contribution in [0.4, 0.5) is 0 Å². The SMILES string of the molecule is O=C(CSc1nnc(-c2ccccc2O)n1CCc1ccccc1)NCc1ccccc1. The molecule has 1 heterocycles. The van der Waals surface area contributed by atoms with Crippen molar-refractivity contribution in [1.82, 2.24) is 20.1 Å². The Bertz CT molecular complexity index is 1160. The molecule has 3 aromatic carbocycles. The molecule has 32 heavy (non-hydrogen) atoms. The summed E-state index contributed by atoms with van der Waals surface area (Å²) in [5.41, 5.74) is 2.87. The molecule has 162 valence electrons. The van der Waals surface area contributed by atoms with E-state index in [4.69, 9.17) is 0 Å². The Morgan fingerprint density at radius 3 is 2.25 bits per heavy atom. The lowest BCUT2D eigenvalue weighted by Gasteiger charge is -2.11. The fourth-order valence-corrected chi connectivity index (χ4v) is 4.12. The van der Waals surface area contributed by atoms with E-state index in [0.29, 0.717) is 29.6 Å². The first-order valence-corrected chi connectivity index (χ1v) is 11.4. The minimum absolute atomic E-state index is 0.0689. The van der Waals surface area contributed by atoms with Crippen LogP contribution in [0.25, 0.3) is 11.4 Å². The summed E-state index contributed by atoms with van der Waals surface area (Å²) < 4.78 is 1.97. The van der Waals surface area contributed by atoms with Gasteiger partial charge in [-0.3, -0.25) is 4.79 Å². The van der Waals surface area contributed by atoms with Crippen LogP contribution >= 0.6 is 11.8 Å². The monoisotopic (exact) mass is 444 g/mol. The molecule has 1 aromatic heterocycles. The van der Waals surface area contributed by atoms with Crippen molar-refractivity contribution in [3.8, 4) is 17.1 Å². The van der Waals surface area contributed by atoms with Crippen molar-refractivity contribution in [2.24, 2.45) is 0 Å². The Labute approximate surface area is 191 Å². The number of para-hydroxylation sites is 1. The van der Waals surface area contributed by atoms with Gasteiger partial charge in [0.25, 0.3) is 0 Å². The molecule has 0 radical (unpaired) electrons. The lowest BCUT2D eigenvalue weighted by molar-refractivity contribution is -0.118. The number of amides is 1. The van der Waals surface area contributed by atoms with E-state index in [2.05, 4.69) is 27.6 Å². The maximum absolute atomic E-state index is 12.4. The molecule has 1 amide bonds. The maximum atomic E-state index is 12.4. The first kappa shape index (κ1) is 21.6. The summed E-state index contributed by atoms with van der Waals surface area (Å²) in [5.74, 6) is 0.904. The van der Waals surface area contributed by atoms with E-state index >= 15 is 0 Å². The van der Waals surface area contributed by atoms with E-state index in [9.17, 15) is 9.90 Å². The molecule has 0 unspecified atom stereocenters. The fourth-order valence-electron chi connectivity index (χ4n) is 3.32. The number of benzene rings is 3. The van der Waals surface area contributed by atoms with E-state index in [0.717, 1.165) is 12.0 Å². The zero-order valence-corrected chi connectivity index (χ0v) is 18.3. The van der Waals surface area contributed by atoms with Gasteiger partial charge in [0.05, 0.1) is 11.3 Å². The van der Waals surface area contributed by atoms with E-state index < -0.39 is 0 Å². The zero-order chi connectivity index (χ0) is 22.2. The van der Waals surface area contributed by atoms with Gasteiger partial charge in [-0.1, -0.05) is 84.6 Å². The van der Waals surface area contributed by atoms with Gasteiger partial charge in [-0.05, 0) is 29.7 Å². The van der Waals surface area contributed by atoms with E-state index in [1.165, 1.54) is 17.3 Å². The number of aromatic nitrogens is 3. The van der Waals surface area contributed by atoms with Crippen molar-refractivity contribution < 1.29 is 9.90 Å². The number of nitrogens with one attached hydrogen (secondary N) is 1. The maximum Gasteiger partial charge on any atom is 0.230 e. The molecule has 4 rings (SSSR count). The number of thioether (sulfide) groups is 1. The second-order valence-electron chi connectivity index (χ2n) is 7.26. The lowest BCUT2D eigenvalue weighted by Crippen LogP contribution is -2.24. The highest BCUT2D eigenvalue weighted by Crippen LogP contribution is 2.30. The van der Waals surface area contributed by atoms with Gasteiger partial charge in [-0.25, -0.2) is 0 Å². The molecule has 2 N–H and O–H groups in total. The van der Waals surface area contributed by atoms with Gasteiger partial charge in [0, 0.05) is 13.1 Å². The summed E-state index contributed by atoms with van der Waals surface area (Å²) >= 11 is 1.34. The minimum atomic E-state index is -0.0689. The molecule has 6 nitrogen and oxygen atoms in total. The standard InChI is InChI=1S/C25H24N4O2S/c30-22-14-8-7-13-21(22)24-27-28-25(29(24)16-15-19-9-3-1-4-10-19)32-18-23(31)26-17-20-11-5-2-6-12-20/h1-14,30H,15-18H2,(H,26,31). The molecule has 4 aromatic rings. The normalized spacial score (nSPS) is 10.8. The summed E-state index contributed by atoms with van der Waals surface area (Å²) in [6, 6.07) is 27.1. The highest BCUT2D eigenvalue weighted by atomic mass is 32.2. The number of aryl methyl sites for hydroxylation is 1. The van der Waals surface area contributed by atoms with Gasteiger partial charge in [-0.15, -0.1) is 10.2 Å². The molecule has 0 atom stereocenters. The Morgan fingerprint density at radius 2 is 1.53 bits per heavy atom. The molecule has 0 saturated heterocycles. The third-order valence-electron chi connectivity index (χ3n) is 4.99. The predicted octanol–water partition coefficient (Wildman–Crippen LogP) is 4.30. The quantitative estimate of drug-likeness (QED) is 0.376. The van der Waals surface area contributed by atoms with Crippen molar-refractivity contribution in [2.45, 2.75) is 24.7 Å². The summed E-state index contributed by atoms with van der Waals surface area (Å²) in [6.45, 7) is 1.12. The van der Waals surface area contributed by atoms with E-state index in [1.54, 1.807) is 12.1 Å². The molecule has 0 bridgehead atoms. The topological polar surface area (TPSA) is 80.0 Å². The summed E-state index contributed by atoms with van der Waals surface area (Å²) in [7, 11) is 0. The molecule has 0 aliphatic carbocycles. The smallest absolute Gasteiger partial charge is 0.230 e. The van der Waals surface area contributed by atoms with E-state index in [1.807, 2.05) is 65.2 Å². The van der Waals surface area contributed by atoms with Crippen LogP contribution < -0.4 is 5.32 Å². The number of hydrogen-bond acceptors (Lipinski definition) is 5. The Morgan fingerprint density at radius 1 is 0.875 bits per heavy atom. The number of phenols is 1. The molecule has 0 saturated carbocycles. The van der Waals surface area contributed by atoms with Gasteiger partial charge in [0.1, 0.15) is 5.75 Å². The molecular formula is C25H24N4O2S. The van der Waals surface area contributed by atoms with Crippen molar-refractivity contribution in [3.05, 3.63) is 96.1 Å². The van der Waals surface area contributed by atoms with Gasteiger partial charge in [0.15, 0.2) is 11.0 Å². The average molecular weight is 445 g/mol. The van der Waals surface area contributed by atoms with Gasteiger partial charge >= 0.3 is 0 Å². The molecule has 0 spiro atoms. The minimum Gasteiger partial charge on any atom is -0.507 e. The first-order valence-electron chi connectivity index (χ1n) is 10.4. The number of hydrogen-bond donors (Lipinski definition) is 2. The number of carbonyl (C=O) groups excluding carboxylic acids is 1. The van der Waals surface area contributed by atoms with E-state index in [-0.39, 0.29) is 17.4 Å². The highest BCUT2D eigenvalue weighted by Gasteiger charge is 2.18. The predicted molar refractivity (Wildman–Crippen MR) is 126 cm³/mol. The van der Waals surface area contributed by atoms with Crippen molar-refractivity contribution in [2.75, 3.05) is 5.75 Å². The van der Waals surface area contributed by atoms with Gasteiger partial charge in [-0.2, -0.15) is 0 Å². The first-order chi connectivity index (χ1) is 15.7.